The highest BCUT2D eigenvalue weighted by molar-refractivity contribution is 5.65. The van der Waals surface area contributed by atoms with Gasteiger partial charge in [-0.2, -0.15) is 0 Å². The van der Waals surface area contributed by atoms with E-state index in [-0.39, 0.29) is 0 Å². The summed E-state index contributed by atoms with van der Waals surface area (Å²) in [5, 5.41) is 0. The molecule has 1 nitrogen and oxygen atoms in total. The van der Waals surface area contributed by atoms with E-state index in [0.717, 1.165) is 28.7 Å². The molecule has 1 heteroatoms. The second kappa shape index (κ2) is 9.68. The second-order valence-corrected chi connectivity index (χ2v) is 8.36. The summed E-state index contributed by atoms with van der Waals surface area (Å²) in [6, 6.07) is 25.6. The summed E-state index contributed by atoms with van der Waals surface area (Å²) in [7, 11) is 0. The minimum Gasteiger partial charge on any atom is -0.494 e. The van der Waals surface area contributed by atoms with Crippen LogP contribution in [0.2, 0.25) is 0 Å². The maximum Gasteiger partial charge on any atom is 0.119 e. The molecule has 4 rings (SSSR count). The Morgan fingerprint density at radius 1 is 0.700 bits per heavy atom. The van der Waals surface area contributed by atoms with E-state index in [1.165, 1.54) is 42.4 Å². The highest BCUT2D eigenvalue weighted by atomic mass is 16.5. The predicted octanol–water partition coefficient (Wildman–Crippen LogP) is 7.45. The molecule has 0 atom stereocenters. The van der Waals surface area contributed by atoms with Crippen molar-refractivity contribution < 1.29 is 4.74 Å². The average molecular weight is 395 g/mol. The molecule has 1 aliphatic rings. The van der Waals surface area contributed by atoms with Crippen LogP contribution in [0.15, 0.2) is 72.8 Å². The summed E-state index contributed by atoms with van der Waals surface area (Å²) < 4.78 is 5.52. The summed E-state index contributed by atoms with van der Waals surface area (Å²) >= 11 is 0. The molecular formula is C29H30O. The molecule has 0 aromatic heterocycles. The summed E-state index contributed by atoms with van der Waals surface area (Å²) in [6.07, 6.45) is 5.37. The van der Waals surface area contributed by atoms with E-state index in [1.807, 2.05) is 19.1 Å². The Labute approximate surface area is 181 Å². The molecule has 0 saturated heterocycles. The fourth-order valence-corrected chi connectivity index (χ4v) is 4.23. The zero-order chi connectivity index (χ0) is 20.8. The fraction of sp³-hybridized carbons (Fsp3) is 0.310. The first-order valence-corrected chi connectivity index (χ1v) is 11.2. The van der Waals surface area contributed by atoms with E-state index >= 15 is 0 Å². The number of hydrogen-bond donors (Lipinski definition) is 0. The van der Waals surface area contributed by atoms with Crippen molar-refractivity contribution in [3.63, 3.8) is 0 Å². The third-order valence-corrected chi connectivity index (χ3v) is 6.13. The Balaban J connectivity index is 1.40. The van der Waals surface area contributed by atoms with Gasteiger partial charge in [0, 0.05) is 11.1 Å². The van der Waals surface area contributed by atoms with E-state index < -0.39 is 0 Å². The van der Waals surface area contributed by atoms with Crippen molar-refractivity contribution in [3.8, 4) is 28.7 Å². The van der Waals surface area contributed by atoms with Crippen molar-refractivity contribution in [3.05, 3.63) is 89.5 Å². The Bertz CT molecular complexity index is 993. The van der Waals surface area contributed by atoms with Gasteiger partial charge < -0.3 is 4.74 Å². The molecule has 3 aromatic carbocycles. The Morgan fingerprint density at radius 3 is 1.73 bits per heavy atom. The minimum absolute atomic E-state index is 0.690. The van der Waals surface area contributed by atoms with Gasteiger partial charge in [-0.05, 0) is 84.7 Å². The predicted molar refractivity (Wildman–Crippen MR) is 126 cm³/mol. The first-order valence-electron chi connectivity index (χ1n) is 11.2. The quantitative estimate of drug-likeness (QED) is 0.418. The van der Waals surface area contributed by atoms with Crippen LogP contribution in [0, 0.1) is 17.8 Å². The van der Waals surface area contributed by atoms with Gasteiger partial charge in [-0.3, -0.25) is 0 Å². The van der Waals surface area contributed by atoms with Gasteiger partial charge in [-0.15, -0.1) is 0 Å². The minimum atomic E-state index is 0.690. The number of hydrogen-bond acceptors (Lipinski definition) is 1. The van der Waals surface area contributed by atoms with Crippen molar-refractivity contribution in [2.75, 3.05) is 6.61 Å². The van der Waals surface area contributed by atoms with Gasteiger partial charge in [0.2, 0.25) is 0 Å². The standard InChI is InChI=1S/C29H30O/c1-3-30-29-20-18-28(19-21-29)27-16-10-24(11-17-27)7-6-23-8-14-26(15-9-23)25-12-4-22(2)5-13-25/h8-11,14-22,25H,3-5,12-13H2,1-2H3/t22-,25-. The van der Waals surface area contributed by atoms with E-state index in [0.29, 0.717) is 6.61 Å². The molecule has 0 radical (unpaired) electrons. The fourth-order valence-electron chi connectivity index (χ4n) is 4.23. The normalized spacial score (nSPS) is 18.3. The maximum atomic E-state index is 5.52. The third-order valence-electron chi connectivity index (χ3n) is 6.13. The molecule has 0 unspecified atom stereocenters. The van der Waals surface area contributed by atoms with Crippen LogP contribution >= 0.6 is 0 Å². The first kappa shape index (κ1) is 20.3. The topological polar surface area (TPSA) is 9.23 Å². The summed E-state index contributed by atoms with van der Waals surface area (Å²) in [4.78, 5) is 0. The molecule has 3 aromatic rings. The lowest BCUT2D eigenvalue weighted by atomic mass is 9.79. The van der Waals surface area contributed by atoms with Gasteiger partial charge in [0.1, 0.15) is 5.75 Å². The highest BCUT2D eigenvalue weighted by Gasteiger charge is 2.19. The highest BCUT2D eigenvalue weighted by Crippen LogP contribution is 2.35. The lowest BCUT2D eigenvalue weighted by molar-refractivity contribution is 0.340. The second-order valence-electron chi connectivity index (χ2n) is 8.36. The molecule has 152 valence electrons. The van der Waals surface area contributed by atoms with Crippen LogP contribution < -0.4 is 4.74 Å². The molecule has 0 aliphatic heterocycles. The molecule has 0 heterocycles. The molecule has 0 N–H and O–H groups in total. The van der Waals surface area contributed by atoms with E-state index in [9.17, 15) is 0 Å². The maximum absolute atomic E-state index is 5.52. The number of rotatable bonds is 4. The molecule has 0 spiro atoms. The van der Waals surface area contributed by atoms with Crippen LogP contribution in [-0.4, -0.2) is 6.61 Å². The Morgan fingerprint density at radius 2 is 1.20 bits per heavy atom. The Kier molecular flexibility index (Phi) is 6.55. The molecular weight excluding hydrogens is 364 g/mol. The van der Waals surface area contributed by atoms with Crippen LogP contribution in [-0.2, 0) is 0 Å². The van der Waals surface area contributed by atoms with E-state index in [1.54, 1.807) is 0 Å². The Hall–Kier alpha value is -2.98. The van der Waals surface area contributed by atoms with Crippen molar-refractivity contribution in [2.24, 2.45) is 5.92 Å². The van der Waals surface area contributed by atoms with E-state index in [4.69, 9.17) is 4.74 Å². The smallest absolute Gasteiger partial charge is 0.119 e. The van der Waals surface area contributed by atoms with Gasteiger partial charge in [-0.1, -0.05) is 68.0 Å². The largest absolute Gasteiger partial charge is 0.494 e. The van der Waals surface area contributed by atoms with Crippen LogP contribution in [0.4, 0.5) is 0 Å². The third kappa shape index (κ3) is 5.14. The average Bonchev–Trinajstić information content (AvgIpc) is 2.80. The molecule has 0 bridgehead atoms. The van der Waals surface area contributed by atoms with Crippen LogP contribution in [0.1, 0.15) is 62.1 Å². The van der Waals surface area contributed by atoms with Gasteiger partial charge in [0.05, 0.1) is 6.61 Å². The summed E-state index contributed by atoms with van der Waals surface area (Å²) in [5.41, 5.74) is 5.97. The van der Waals surface area contributed by atoms with Gasteiger partial charge >= 0.3 is 0 Å². The van der Waals surface area contributed by atoms with E-state index in [2.05, 4.69) is 79.4 Å². The van der Waals surface area contributed by atoms with Crippen molar-refractivity contribution in [1.82, 2.24) is 0 Å². The number of ether oxygens (including phenoxy) is 1. The lowest BCUT2D eigenvalue weighted by Gasteiger charge is -2.26. The molecule has 1 fully saturated rings. The SMILES string of the molecule is CCOc1ccc(-c2ccc(C#Cc3ccc([C@H]4CC[C@H](C)CC4)cc3)cc2)cc1. The zero-order valence-corrected chi connectivity index (χ0v) is 18.0. The van der Waals surface area contributed by atoms with Crippen molar-refractivity contribution in [2.45, 2.75) is 45.4 Å². The van der Waals surface area contributed by atoms with Crippen molar-refractivity contribution in [1.29, 1.82) is 0 Å². The molecule has 0 amide bonds. The van der Waals surface area contributed by atoms with Crippen LogP contribution in [0.25, 0.3) is 11.1 Å². The summed E-state index contributed by atoms with van der Waals surface area (Å²) in [5.74, 6) is 9.15. The van der Waals surface area contributed by atoms with Crippen molar-refractivity contribution >= 4 is 0 Å². The van der Waals surface area contributed by atoms with Gasteiger partial charge in [0.15, 0.2) is 0 Å². The number of benzene rings is 3. The summed E-state index contributed by atoms with van der Waals surface area (Å²) in [6.45, 7) is 5.06. The van der Waals surface area contributed by atoms with Gasteiger partial charge in [-0.25, -0.2) is 0 Å². The molecule has 1 saturated carbocycles. The van der Waals surface area contributed by atoms with Gasteiger partial charge in [0.25, 0.3) is 0 Å². The molecule has 30 heavy (non-hydrogen) atoms. The zero-order valence-electron chi connectivity index (χ0n) is 18.0. The monoisotopic (exact) mass is 394 g/mol. The van der Waals surface area contributed by atoms with Crippen LogP contribution in [0.5, 0.6) is 5.75 Å². The van der Waals surface area contributed by atoms with Crippen LogP contribution in [0.3, 0.4) is 0 Å². The molecule has 1 aliphatic carbocycles. The lowest BCUT2D eigenvalue weighted by Crippen LogP contribution is -2.10. The first-order chi connectivity index (χ1) is 14.7.